The molecule has 0 fully saturated rings. The third kappa shape index (κ3) is 3.31. The SMILES string of the molecule is C=CCCCC(=O)c1ccc(C)nc1C. The predicted molar refractivity (Wildman–Crippen MR) is 62.1 cm³/mol. The molecule has 1 rings (SSSR count). The van der Waals surface area contributed by atoms with Crippen LogP contribution in [0.1, 0.15) is 41.0 Å². The van der Waals surface area contributed by atoms with Crippen LogP contribution in [-0.2, 0) is 0 Å². The molecular formula is C13H17NO. The summed E-state index contributed by atoms with van der Waals surface area (Å²) in [5.74, 6) is 0.182. The minimum atomic E-state index is 0.182. The van der Waals surface area contributed by atoms with Gasteiger partial charge in [0.1, 0.15) is 0 Å². The number of pyridine rings is 1. The van der Waals surface area contributed by atoms with Crippen LogP contribution in [0.3, 0.4) is 0 Å². The van der Waals surface area contributed by atoms with Crippen molar-refractivity contribution >= 4 is 5.78 Å². The van der Waals surface area contributed by atoms with Gasteiger partial charge in [0.15, 0.2) is 5.78 Å². The molecule has 80 valence electrons. The van der Waals surface area contributed by atoms with Crippen LogP contribution < -0.4 is 0 Å². The van der Waals surface area contributed by atoms with Crippen LogP contribution in [0.5, 0.6) is 0 Å². The highest BCUT2D eigenvalue weighted by Gasteiger charge is 2.08. The maximum absolute atomic E-state index is 11.8. The largest absolute Gasteiger partial charge is 0.294 e. The molecule has 1 aromatic heterocycles. The van der Waals surface area contributed by atoms with Gasteiger partial charge >= 0.3 is 0 Å². The second-order valence-electron chi connectivity index (χ2n) is 3.69. The van der Waals surface area contributed by atoms with E-state index in [1.165, 1.54) is 0 Å². The van der Waals surface area contributed by atoms with Crippen LogP contribution in [0.15, 0.2) is 24.8 Å². The third-order valence-electron chi connectivity index (χ3n) is 2.34. The first-order valence-corrected chi connectivity index (χ1v) is 5.23. The van der Waals surface area contributed by atoms with E-state index < -0.39 is 0 Å². The summed E-state index contributed by atoms with van der Waals surface area (Å²) in [6, 6.07) is 3.75. The average Bonchev–Trinajstić information content (AvgIpc) is 2.17. The van der Waals surface area contributed by atoms with Crippen molar-refractivity contribution in [1.29, 1.82) is 0 Å². The fourth-order valence-electron chi connectivity index (χ4n) is 1.52. The Morgan fingerprint density at radius 1 is 1.47 bits per heavy atom. The molecule has 0 unspecified atom stereocenters. The number of carbonyl (C=O) groups excluding carboxylic acids is 1. The highest BCUT2D eigenvalue weighted by Crippen LogP contribution is 2.11. The fourth-order valence-corrected chi connectivity index (χ4v) is 1.52. The Morgan fingerprint density at radius 2 is 2.20 bits per heavy atom. The number of carbonyl (C=O) groups is 1. The monoisotopic (exact) mass is 203 g/mol. The molecule has 0 aliphatic carbocycles. The quantitative estimate of drug-likeness (QED) is 0.418. The summed E-state index contributed by atoms with van der Waals surface area (Å²) in [6.45, 7) is 7.45. The molecule has 15 heavy (non-hydrogen) atoms. The molecule has 0 atom stereocenters. The van der Waals surface area contributed by atoms with Crippen molar-refractivity contribution in [2.75, 3.05) is 0 Å². The van der Waals surface area contributed by atoms with Crippen molar-refractivity contribution in [3.8, 4) is 0 Å². The third-order valence-corrected chi connectivity index (χ3v) is 2.34. The number of unbranched alkanes of at least 4 members (excludes halogenated alkanes) is 1. The lowest BCUT2D eigenvalue weighted by atomic mass is 10.0. The number of ketones is 1. The van der Waals surface area contributed by atoms with Crippen LogP contribution in [-0.4, -0.2) is 10.8 Å². The van der Waals surface area contributed by atoms with E-state index in [9.17, 15) is 4.79 Å². The van der Waals surface area contributed by atoms with Crippen LogP contribution in [0.4, 0.5) is 0 Å². The molecule has 0 aromatic carbocycles. The van der Waals surface area contributed by atoms with Gasteiger partial charge in [0, 0.05) is 23.4 Å². The Balaban J connectivity index is 2.69. The number of allylic oxidation sites excluding steroid dienone is 1. The second-order valence-corrected chi connectivity index (χ2v) is 3.69. The number of hydrogen-bond donors (Lipinski definition) is 0. The van der Waals surface area contributed by atoms with Crippen LogP contribution in [0.25, 0.3) is 0 Å². The molecule has 0 N–H and O–H groups in total. The van der Waals surface area contributed by atoms with E-state index in [0.717, 1.165) is 29.8 Å². The van der Waals surface area contributed by atoms with Gasteiger partial charge < -0.3 is 0 Å². The second kappa shape index (κ2) is 5.44. The molecule has 2 nitrogen and oxygen atoms in total. The molecule has 0 saturated carbocycles. The highest BCUT2D eigenvalue weighted by atomic mass is 16.1. The van der Waals surface area contributed by atoms with E-state index in [2.05, 4.69) is 11.6 Å². The lowest BCUT2D eigenvalue weighted by Gasteiger charge is -2.04. The number of Topliss-reactive ketones (excluding diaryl/α,β-unsaturated/α-hetero) is 1. The summed E-state index contributed by atoms with van der Waals surface area (Å²) in [4.78, 5) is 16.1. The topological polar surface area (TPSA) is 30.0 Å². The standard InChI is InChI=1S/C13H17NO/c1-4-5-6-7-13(15)12-9-8-10(2)14-11(12)3/h4,8-9H,1,5-7H2,2-3H3. The van der Waals surface area contributed by atoms with Gasteiger partial charge in [0.2, 0.25) is 0 Å². The van der Waals surface area contributed by atoms with Crippen molar-refractivity contribution in [2.45, 2.75) is 33.1 Å². The molecule has 2 heteroatoms. The van der Waals surface area contributed by atoms with Crippen molar-refractivity contribution in [2.24, 2.45) is 0 Å². The Morgan fingerprint density at radius 3 is 2.80 bits per heavy atom. The van der Waals surface area contributed by atoms with Gasteiger partial charge in [0.25, 0.3) is 0 Å². The first-order chi connectivity index (χ1) is 7.15. The summed E-state index contributed by atoms with van der Waals surface area (Å²) in [5.41, 5.74) is 2.54. The Labute approximate surface area is 91.0 Å². The van der Waals surface area contributed by atoms with Crippen LogP contribution in [0, 0.1) is 13.8 Å². The maximum Gasteiger partial charge on any atom is 0.164 e. The van der Waals surface area contributed by atoms with E-state index >= 15 is 0 Å². The van der Waals surface area contributed by atoms with Gasteiger partial charge in [0.05, 0.1) is 0 Å². The number of aromatic nitrogens is 1. The molecule has 0 saturated heterocycles. The van der Waals surface area contributed by atoms with Gasteiger partial charge in [-0.1, -0.05) is 6.08 Å². The minimum Gasteiger partial charge on any atom is -0.294 e. The lowest BCUT2D eigenvalue weighted by Crippen LogP contribution is -2.03. The van der Waals surface area contributed by atoms with Gasteiger partial charge in [-0.15, -0.1) is 6.58 Å². The zero-order chi connectivity index (χ0) is 11.3. The summed E-state index contributed by atoms with van der Waals surface area (Å²) in [7, 11) is 0. The zero-order valence-corrected chi connectivity index (χ0v) is 9.42. The van der Waals surface area contributed by atoms with E-state index in [-0.39, 0.29) is 5.78 Å². The van der Waals surface area contributed by atoms with Crippen molar-refractivity contribution in [3.05, 3.63) is 41.7 Å². The van der Waals surface area contributed by atoms with E-state index in [1.54, 1.807) is 0 Å². The van der Waals surface area contributed by atoms with Crippen molar-refractivity contribution in [3.63, 3.8) is 0 Å². The fraction of sp³-hybridized carbons (Fsp3) is 0.385. The molecular weight excluding hydrogens is 186 g/mol. The molecule has 0 bridgehead atoms. The molecule has 0 aliphatic rings. The Kier molecular flexibility index (Phi) is 4.22. The number of hydrogen-bond acceptors (Lipinski definition) is 2. The molecule has 0 radical (unpaired) electrons. The summed E-state index contributed by atoms with van der Waals surface area (Å²) in [5, 5.41) is 0. The van der Waals surface area contributed by atoms with Crippen LogP contribution >= 0.6 is 0 Å². The van der Waals surface area contributed by atoms with E-state index in [0.29, 0.717) is 6.42 Å². The summed E-state index contributed by atoms with van der Waals surface area (Å²) >= 11 is 0. The first-order valence-electron chi connectivity index (χ1n) is 5.23. The van der Waals surface area contributed by atoms with Gasteiger partial charge in [-0.25, -0.2) is 0 Å². The summed E-state index contributed by atoms with van der Waals surface area (Å²) in [6.07, 6.45) is 4.19. The average molecular weight is 203 g/mol. The summed E-state index contributed by atoms with van der Waals surface area (Å²) < 4.78 is 0. The number of nitrogens with zero attached hydrogens (tertiary/aromatic N) is 1. The number of rotatable bonds is 5. The molecule has 1 heterocycles. The highest BCUT2D eigenvalue weighted by molar-refractivity contribution is 5.96. The smallest absolute Gasteiger partial charge is 0.164 e. The van der Waals surface area contributed by atoms with Crippen molar-refractivity contribution < 1.29 is 4.79 Å². The first kappa shape index (κ1) is 11.6. The Bertz CT molecular complexity index is 369. The van der Waals surface area contributed by atoms with Gasteiger partial charge in [-0.3, -0.25) is 9.78 Å². The minimum absolute atomic E-state index is 0.182. The van der Waals surface area contributed by atoms with Gasteiger partial charge in [-0.05, 0) is 38.8 Å². The number of aryl methyl sites for hydroxylation is 2. The molecule has 1 aromatic rings. The van der Waals surface area contributed by atoms with E-state index in [4.69, 9.17) is 0 Å². The predicted octanol–water partition coefficient (Wildman–Crippen LogP) is 3.24. The van der Waals surface area contributed by atoms with Crippen LogP contribution in [0.2, 0.25) is 0 Å². The lowest BCUT2D eigenvalue weighted by molar-refractivity contribution is 0.0979. The normalized spacial score (nSPS) is 10.0. The zero-order valence-electron chi connectivity index (χ0n) is 9.42. The molecule has 0 amide bonds. The Hall–Kier alpha value is -1.44. The molecule has 0 spiro atoms. The van der Waals surface area contributed by atoms with Gasteiger partial charge in [-0.2, -0.15) is 0 Å². The maximum atomic E-state index is 11.8. The molecule has 0 aliphatic heterocycles. The van der Waals surface area contributed by atoms with Crippen molar-refractivity contribution in [1.82, 2.24) is 4.98 Å². The van der Waals surface area contributed by atoms with E-state index in [1.807, 2.05) is 32.1 Å².